The molecule has 23 heavy (non-hydrogen) atoms. The second-order valence-electron chi connectivity index (χ2n) is 5.75. The minimum absolute atomic E-state index is 0.0258. The monoisotopic (exact) mass is 319 g/mol. The number of nitrogens with zero attached hydrogens (tertiary/aromatic N) is 1. The van der Waals surface area contributed by atoms with Crippen molar-refractivity contribution in [1.29, 1.82) is 0 Å². The summed E-state index contributed by atoms with van der Waals surface area (Å²) in [6, 6.07) is 6.69. The highest BCUT2D eigenvalue weighted by molar-refractivity contribution is 5.97. The van der Waals surface area contributed by atoms with Crippen molar-refractivity contribution in [2.45, 2.75) is 20.0 Å². The molecule has 1 aromatic rings. The summed E-state index contributed by atoms with van der Waals surface area (Å²) in [4.78, 5) is 26.1. The molecule has 1 heterocycles. The van der Waals surface area contributed by atoms with Gasteiger partial charge in [-0.1, -0.05) is 0 Å². The Morgan fingerprint density at radius 3 is 2.30 bits per heavy atom. The Morgan fingerprint density at radius 1 is 1.17 bits per heavy atom. The van der Waals surface area contributed by atoms with Crippen LogP contribution in [-0.4, -0.2) is 60.6 Å². The highest BCUT2D eigenvalue weighted by atomic mass is 16.3. The number of hydrogen-bond acceptors (Lipinski definition) is 4. The fourth-order valence-corrected chi connectivity index (χ4v) is 2.71. The van der Waals surface area contributed by atoms with Gasteiger partial charge in [-0.25, -0.2) is 0 Å². The first-order valence-electron chi connectivity index (χ1n) is 8.13. The van der Waals surface area contributed by atoms with Gasteiger partial charge in [-0.15, -0.1) is 0 Å². The second-order valence-corrected chi connectivity index (χ2v) is 5.75. The SMILES string of the molecule is CCN(CC)C(=O)c1ccc(C(=O)NCC2CNCC2O)cc1. The molecule has 6 heteroatoms. The molecule has 1 fully saturated rings. The van der Waals surface area contributed by atoms with Gasteiger partial charge in [0, 0.05) is 49.8 Å². The summed E-state index contributed by atoms with van der Waals surface area (Å²) in [6.45, 7) is 6.92. The van der Waals surface area contributed by atoms with Crippen molar-refractivity contribution in [3.63, 3.8) is 0 Å². The molecule has 0 aromatic heterocycles. The van der Waals surface area contributed by atoms with Gasteiger partial charge in [0.25, 0.3) is 11.8 Å². The third kappa shape index (κ3) is 4.30. The molecule has 0 saturated carbocycles. The molecule has 1 aromatic carbocycles. The molecule has 2 unspecified atom stereocenters. The average Bonchev–Trinajstić information content (AvgIpc) is 2.99. The van der Waals surface area contributed by atoms with E-state index in [1.807, 2.05) is 13.8 Å². The van der Waals surface area contributed by atoms with Crippen molar-refractivity contribution >= 4 is 11.8 Å². The summed E-state index contributed by atoms with van der Waals surface area (Å²) in [7, 11) is 0. The first-order valence-corrected chi connectivity index (χ1v) is 8.13. The first kappa shape index (κ1) is 17.4. The van der Waals surface area contributed by atoms with Crippen LogP contribution in [0.1, 0.15) is 34.6 Å². The third-order valence-corrected chi connectivity index (χ3v) is 4.27. The Hall–Kier alpha value is -1.92. The summed E-state index contributed by atoms with van der Waals surface area (Å²) in [5.41, 5.74) is 1.10. The number of nitrogens with one attached hydrogen (secondary N) is 2. The maximum atomic E-state index is 12.2. The Balaban J connectivity index is 1.93. The van der Waals surface area contributed by atoms with Crippen LogP contribution in [0.5, 0.6) is 0 Å². The predicted molar refractivity (Wildman–Crippen MR) is 88.4 cm³/mol. The van der Waals surface area contributed by atoms with E-state index in [0.717, 1.165) is 0 Å². The van der Waals surface area contributed by atoms with Crippen LogP contribution in [-0.2, 0) is 0 Å². The minimum Gasteiger partial charge on any atom is -0.391 e. The van der Waals surface area contributed by atoms with E-state index in [1.165, 1.54) is 0 Å². The molecule has 0 spiro atoms. The molecule has 1 aliphatic rings. The number of aliphatic hydroxyl groups excluding tert-OH is 1. The van der Waals surface area contributed by atoms with E-state index >= 15 is 0 Å². The standard InChI is InChI=1S/C17H25N3O3/c1-3-20(4-2)17(23)13-7-5-12(6-8-13)16(22)19-10-14-9-18-11-15(14)21/h5-8,14-15,18,21H,3-4,9-11H2,1-2H3,(H,19,22). The normalized spacial score (nSPS) is 20.3. The van der Waals surface area contributed by atoms with Crippen LogP contribution in [0.4, 0.5) is 0 Å². The van der Waals surface area contributed by atoms with Gasteiger partial charge in [0.15, 0.2) is 0 Å². The lowest BCUT2D eigenvalue weighted by Crippen LogP contribution is -2.34. The van der Waals surface area contributed by atoms with Crippen LogP contribution < -0.4 is 10.6 Å². The fraction of sp³-hybridized carbons (Fsp3) is 0.529. The summed E-state index contributed by atoms with van der Waals surface area (Å²) in [5.74, 6) is -0.171. The van der Waals surface area contributed by atoms with Gasteiger partial charge in [-0.3, -0.25) is 9.59 Å². The van der Waals surface area contributed by atoms with E-state index in [1.54, 1.807) is 29.2 Å². The quantitative estimate of drug-likeness (QED) is 0.712. The molecule has 126 valence electrons. The van der Waals surface area contributed by atoms with Gasteiger partial charge < -0.3 is 20.6 Å². The highest BCUT2D eigenvalue weighted by Crippen LogP contribution is 2.10. The minimum atomic E-state index is -0.413. The predicted octanol–water partition coefficient (Wildman–Crippen LogP) is 0.479. The molecule has 1 saturated heterocycles. The summed E-state index contributed by atoms with van der Waals surface area (Å²) < 4.78 is 0. The van der Waals surface area contributed by atoms with Crippen molar-refractivity contribution in [2.24, 2.45) is 5.92 Å². The van der Waals surface area contributed by atoms with Gasteiger partial charge >= 0.3 is 0 Å². The number of amides is 2. The largest absolute Gasteiger partial charge is 0.391 e. The summed E-state index contributed by atoms with van der Waals surface area (Å²) >= 11 is 0. The van der Waals surface area contributed by atoms with Crippen molar-refractivity contribution in [1.82, 2.24) is 15.5 Å². The van der Waals surface area contributed by atoms with Crippen molar-refractivity contribution in [3.8, 4) is 0 Å². The van der Waals surface area contributed by atoms with E-state index in [4.69, 9.17) is 0 Å². The zero-order chi connectivity index (χ0) is 16.8. The number of benzene rings is 1. The maximum absolute atomic E-state index is 12.2. The molecule has 2 amide bonds. The Labute approximate surface area is 136 Å². The van der Waals surface area contributed by atoms with E-state index in [9.17, 15) is 14.7 Å². The zero-order valence-electron chi connectivity index (χ0n) is 13.7. The van der Waals surface area contributed by atoms with E-state index < -0.39 is 6.10 Å². The Kier molecular flexibility index (Phi) is 6.12. The van der Waals surface area contributed by atoms with Crippen LogP contribution in [0.15, 0.2) is 24.3 Å². The van der Waals surface area contributed by atoms with Crippen LogP contribution in [0, 0.1) is 5.92 Å². The van der Waals surface area contributed by atoms with Crippen LogP contribution >= 0.6 is 0 Å². The highest BCUT2D eigenvalue weighted by Gasteiger charge is 2.25. The van der Waals surface area contributed by atoms with Gasteiger partial charge in [-0.2, -0.15) is 0 Å². The fourth-order valence-electron chi connectivity index (χ4n) is 2.71. The smallest absolute Gasteiger partial charge is 0.253 e. The first-order chi connectivity index (χ1) is 11.1. The summed E-state index contributed by atoms with van der Waals surface area (Å²) in [6.07, 6.45) is -0.413. The zero-order valence-corrected chi connectivity index (χ0v) is 13.7. The molecule has 6 nitrogen and oxygen atoms in total. The molecule has 2 atom stereocenters. The van der Waals surface area contributed by atoms with Crippen LogP contribution in [0.25, 0.3) is 0 Å². The van der Waals surface area contributed by atoms with Gasteiger partial charge in [0.1, 0.15) is 0 Å². The molecule has 0 aliphatic carbocycles. The van der Waals surface area contributed by atoms with E-state index in [0.29, 0.717) is 43.9 Å². The number of carbonyl (C=O) groups excluding carboxylic acids is 2. The number of carbonyl (C=O) groups is 2. The Bertz CT molecular complexity index is 541. The van der Waals surface area contributed by atoms with Crippen molar-refractivity contribution in [2.75, 3.05) is 32.7 Å². The van der Waals surface area contributed by atoms with Crippen molar-refractivity contribution in [3.05, 3.63) is 35.4 Å². The van der Waals surface area contributed by atoms with Crippen LogP contribution in [0.3, 0.4) is 0 Å². The van der Waals surface area contributed by atoms with Crippen LogP contribution in [0.2, 0.25) is 0 Å². The molecule has 2 rings (SSSR count). The lowest BCUT2D eigenvalue weighted by atomic mass is 10.1. The van der Waals surface area contributed by atoms with Gasteiger partial charge in [-0.05, 0) is 38.1 Å². The van der Waals surface area contributed by atoms with E-state index in [2.05, 4.69) is 10.6 Å². The number of hydrogen-bond donors (Lipinski definition) is 3. The van der Waals surface area contributed by atoms with E-state index in [-0.39, 0.29) is 17.7 Å². The molecular formula is C17H25N3O3. The van der Waals surface area contributed by atoms with Gasteiger partial charge in [0.2, 0.25) is 0 Å². The molecule has 1 aliphatic heterocycles. The number of aliphatic hydroxyl groups is 1. The molecule has 0 bridgehead atoms. The van der Waals surface area contributed by atoms with Crippen molar-refractivity contribution < 1.29 is 14.7 Å². The molecule has 0 radical (unpaired) electrons. The lowest BCUT2D eigenvalue weighted by Gasteiger charge is -2.18. The van der Waals surface area contributed by atoms with Gasteiger partial charge in [0.05, 0.1) is 6.10 Å². The third-order valence-electron chi connectivity index (χ3n) is 4.27. The number of rotatable bonds is 6. The topological polar surface area (TPSA) is 81.7 Å². The molecular weight excluding hydrogens is 294 g/mol. The lowest BCUT2D eigenvalue weighted by molar-refractivity contribution is 0.0772. The Morgan fingerprint density at radius 2 is 1.78 bits per heavy atom. The molecule has 3 N–H and O–H groups in total. The second kappa shape index (κ2) is 8.08. The average molecular weight is 319 g/mol. The summed E-state index contributed by atoms with van der Waals surface area (Å²) in [5, 5.41) is 15.6. The maximum Gasteiger partial charge on any atom is 0.253 e. The number of β-amino-alcohol motifs (C(OH)–C–C–N with tert-alkyl or cyclic N) is 1.